The SMILES string of the molecule is Cc1ccc(C(=O)NC(C)CCC(C)C)cc1O. The third-order valence-corrected chi connectivity index (χ3v) is 3.03. The summed E-state index contributed by atoms with van der Waals surface area (Å²) in [6, 6.07) is 5.16. The molecule has 0 saturated carbocycles. The number of aromatic hydroxyl groups is 1. The van der Waals surface area contributed by atoms with Crippen molar-refractivity contribution in [2.45, 2.75) is 46.6 Å². The maximum atomic E-state index is 11.9. The molecule has 0 fully saturated rings. The van der Waals surface area contributed by atoms with Crippen molar-refractivity contribution in [1.29, 1.82) is 0 Å². The second-order valence-corrected chi connectivity index (χ2v) is 5.35. The molecule has 1 unspecified atom stereocenters. The van der Waals surface area contributed by atoms with Gasteiger partial charge in [0.1, 0.15) is 5.75 Å². The molecule has 0 aliphatic rings. The number of nitrogens with one attached hydrogen (secondary N) is 1. The molecule has 3 heteroatoms. The van der Waals surface area contributed by atoms with E-state index in [1.807, 2.05) is 13.8 Å². The molecule has 0 heterocycles. The molecule has 0 spiro atoms. The fourth-order valence-electron chi connectivity index (χ4n) is 1.71. The van der Waals surface area contributed by atoms with Gasteiger partial charge in [0, 0.05) is 11.6 Å². The van der Waals surface area contributed by atoms with Gasteiger partial charge in [-0.2, -0.15) is 0 Å². The van der Waals surface area contributed by atoms with E-state index < -0.39 is 0 Å². The molecule has 0 aliphatic heterocycles. The molecule has 3 nitrogen and oxygen atoms in total. The molecule has 0 radical (unpaired) electrons. The molecule has 0 aromatic heterocycles. The number of hydrogen-bond donors (Lipinski definition) is 2. The summed E-state index contributed by atoms with van der Waals surface area (Å²) in [6.07, 6.45) is 2.07. The first-order valence-corrected chi connectivity index (χ1v) is 6.50. The van der Waals surface area contributed by atoms with Gasteiger partial charge in [-0.3, -0.25) is 4.79 Å². The molecule has 0 bridgehead atoms. The van der Waals surface area contributed by atoms with E-state index in [1.165, 1.54) is 6.07 Å². The normalized spacial score (nSPS) is 12.5. The Morgan fingerprint density at radius 2 is 1.94 bits per heavy atom. The van der Waals surface area contributed by atoms with Gasteiger partial charge in [0.2, 0.25) is 0 Å². The fraction of sp³-hybridized carbons (Fsp3) is 0.533. The summed E-state index contributed by atoms with van der Waals surface area (Å²) in [5.74, 6) is 0.687. The zero-order valence-corrected chi connectivity index (χ0v) is 11.7. The van der Waals surface area contributed by atoms with E-state index in [9.17, 15) is 9.90 Å². The van der Waals surface area contributed by atoms with Gasteiger partial charge < -0.3 is 10.4 Å². The van der Waals surface area contributed by atoms with Crippen molar-refractivity contribution in [1.82, 2.24) is 5.32 Å². The van der Waals surface area contributed by atoms with Crippen molar-refractivity contribution in [2.24, 2.45) is 5.92 Å². The molecule has 100 valence electrons. The number of aryl methyl sites for hydroxylation is 1. The predicted octanol–water partition coefficient (Wildman–Crippen LogP) is 3.26. The number of rotatable bonds is 5. The zero-order chi connectivity index (χ0) is 13.7. The topological polar surface area (TPSA) is 49.3 Å². The third-order valence-electron chi connectivity index (χ3n) is 3.03. The standard InChI is InChI=1S/C15H23NO2/c1-10(2)5-7-12(4)16-15(18)13-8-6-11(3)14(17)9-13/h6,8-10,12,17H,5,7H2,1-4H3,(H,16,18). The van der Waals surface area contributed by atoms with Crippen LogP contribution < -0.4 is 5.32 Å². The number of phenolic OH excluding ortho intramolecular Hbond substituents is 1. The Morgan fingerprint density at radius 1 is 1.28 bits per heavy atom. The van der Waals surface area contributed by atoms with Crippen LogP contribution in [-0.4, -0.2) is 17.1 Å². The Bertz CT molecular complexity index is 413. The molecule has 1 amide bonds. The monoisotopic (exact) mass is 249 g/mol. The van der Waals surface area contributed by atoms with Gasteiger partial charge in [-0.1, -0.05) is 19.9 Å². The number of carbonyl (C=O) groups excluding carboxylic acids is 1. The second kappa shape index (κ2) is 6.43. The summed E-state index contributed by atoms with van der Waals surface area (Å²) in [5, 5.41) is 12.5. The molecule has 1 rings (SSSR count). The van der Waals surface area contributed by atoms with Crippen LogP contribution in [0.5, 0.6) is 5.75 Å². The maximum absolute atomic E-state index is 11.9. The molecule has 0 saturated heterocycles. The van der Waals surface area contributed by atoms with Crippen LogP contribution in [0.15, 0.2) is 18.2 Å². The largest absolute Gasteiger partial charge is 0.508 e. The lowest BCUT2D eigenvalue weighted by Crippen LogP contribution is -2.32. The zero-order valence-electron chi connectivity index (χ0n) is 11.7. The Hall–Kier alpha value is -1.51. The number of benzene rings is 1. The van der Waals surface area contributed by atoms with Crippen LogP contribution in [-0.2, 0) is 0 Å². The number of phenols is 1. The molecule has 1 aromatic rings. The van der Waals surface area contributed by atoms with Crippen molar-refractivity contribution in [3.63, 3.8) is 0 Å². The van der Waals surface area contributed by atoms with E-state index in [0.29, 0.717) is 11.5 Å². The Labute approximate surface area is 109 Å². The predicted molar refractivity (Wildman–Crippen MR) is 73.8 cm³/mol. The van der Waals surface area contributed by atoms with Crippen LogP contribution in [0.1, 0.15) is 49.5 Å². The van der Waals surface area contributed by atoms with E-state index in [1.54, 1.807) is 12.1 Å². The van der Waals surface area contributed by atoms with Crippen LogP contribution in [0.25, 0.3) is 0 Å². The average molecular weight is 249 g/mol. The maximum Gasteiger partial charge on any atom is 0.251 e. The van der Waals surface area contributed by atoms with Gasteiger partial charge in [0.25, 0.3) is 5.91 Å². The Balaban J connectivity index is 2.56. The lowest BCUT2D eigenvalue weighted by atomic mass is 10.0. The van der Waals surface area contributed by atoms with Crippen molar-refractivity contribution in [3.05, 3.63) is 29.3 Å². The first-order valence-electron chi connectivity index (χ1n) is 6.50. The average Bonchev–Trinajstić information content (AvgIpc) is 2.30. The summed E-state index contributed by atoms with van der Waals surface area (Å²) in [6.45, 7) is 8.16. The summed E-state index contributed by atoms with van der Waals surface area (Å²) in [4.78, 5) is 11.9. The van der Waals surface area contributed by atoms with E-state index in [4.69, 9.17) is 0 Å². The van der Waals surface area contributed by atoms with Crippen LogP contribution in [0, 0.1) is 12.8 Å². The summed E-state index contributed by atoms with van der Waals surface area (Å²) < 4.78 is 0. The van der Waals surface area contributed by atoms with Crippen molar-refractivity contribution in [2.75, 3.05) is 0 Å². The highest BCUT2D eigenvalue weighted by molar-refractivity contribution is 5.94. The smallest absolute Gasteiger partial charge is 0.251 e. The Morgan fingerprint density at radius 3 is 2.50 bits per heavy atom. The lowest BCUT2D eigenvalue weighted by molar-refractivity contribution is 0.0937. The minimum atomic E-state index is -0.124. The molecule has 2 N–H and O–H groups in total. The number of carbonyl (C=O) groups is 1. The first-order chi connectivity index (χ1) is 8.40. The number of hydrogen-bond acceptors (Lipinski definition) is 2. The highest BCUT2D eigenvalue weighted by atomic mass is 16.3. The molecule has 0 aliphatic carbocycles. The van der Waals surface area contributed by atoms with Crippen molar-refractivity contribution in [3.8, 4) is 5.75 Å². The summed E-state index contributed by atoms with van der Waals surface area (Å²) in [5.41, 5.74) is 1.29. The van der Waals surface area contributed by atoms with E-state index in [2.05, 4.69) is 19.2 Å². The third kappa shape index (κ3) is 4.40. The highest BCUT2D eigenvalue weighted by Crippen LogP contribution is 2.17. The van der Waals surface area contributed by atoms with E-state index in [-0.39, 0.29) is 17.7 Å². The summed E-state index contributed by atoms with van der Waals surface area (Å²) in [7, 11) is 0. The lowest BCUT2D eigenvalue weighted by Gasteiger charge is -2.15. The number of amides is 1. The molecule has 18 heavy (non-hydrogen) atoms. The summed E-state index contributed by atoms with van der Waals surface area (Å²) >= 11 is 0. The molecular formula is C15H23NO2. The van der Waals surface area contributed by atoms with Gasteiger partial charge in [-0.25, -0.2) is 0 Å². The quantitative estimate of drug-likeness (QED) is 0.841. The minimum absolute atomic E-state index is 0.124. The Kier molecular flexibility index (Phi) is 5.20. The van der Waals surface area contributed by atoms with Crippen molar-refractivity contribution < 1.29 is 9.90 Å². The van der Waals surface area contributed by atoms with Gasteiger partial charge in [-0.05, 0) is 50.3 Å². The first kappa shape index (κ1) is 14.6. The van der Waals surface area contributed by atoms with Crippen molar-refractivity contribution >= 4 is 5.91 Å². The molecular weight excluding hydrogens is 226 g/mol. The van der Waals surface area contributed by atoms with E-state index >= 15 is 0 Å². The van der Waals surface area contributed by atoms with Gasteiger partial charge in [0.15, 0.2) is 0 Å². The van der Waals surface area contributed by atoms with Gasteiger partial charge in [-0.15, -0.1) is 0 Å². The van der Waals surface area contributed by atoms with Gasteiger partial charge >= 0.3 is 0 Å². The van der Waals surface area contributed by atoms with Gasteiger partial charge in [0.05, 0.1) is 0 Å². The highest BCUT2D eigenvalue weighted by Gasteiger charge is 2.11. The van der Waals surface area contributed by atoms with Crippen LogP contribution in [0.2, 0.25) is 0 Å². The van der Waals surface area contributed by atoms with Crippen LogP contribution >= 0.6 is 0 Å². The van der Waals surface area contributed by atoms with Crippen LogP contribution in [0.4, 0.5) is 0 Å². The van der Waals surface area contributed by atoms with Crippen LogP contribution in [0.3, 0.4) is 0 Å². The molecule has 1 atom stereocenters. The minimum Gasteiger partial charge on any atom is -0.508 e. The molecule has 1 aromatic carbocycles. The second-order valence-electron chi connectivity index (χ2n) is 5.35. The van der Waals surface area contributed by atoms with E-state index in [0.717, 1.165) is 18.4 Å². The fourth-order valence-corrected chi connectivity index (χ4v) is 1.71.